The molecule has 0 spiro atoms. The Morgan fingerprint density at radius 1 is 1.16 bits per heavy atom. The summed E-state index contributed by atoms with van der Waals surface area (Å²) in [5, 5.41) is 2.78. The SMILES string of the molecule is C#CCN(C)C(=O)c1csc(C2CCN(C(=O)N3CCN(c4ccccn4)CC3)CC2)n1. The summed E-state index contributed by atoms with van der Waals surface area (Å²) in [5.74, 6) is 3.57. The Morgan fingerprint density at radius 3 is 2.53 bits per heavy atom. The first-order chi connectivity index (χ1) is 15.6. The van der Waals surface area contributed by atoms with Gasteiger partial charge in [-0.15, -0.1) is 17.8 Å². The van der Waals surface area contributed by atoms with Gasteiger partial charge in [-0.2, -0.15) is 0 Å². The molecule has 2 aliphatic heterocycles. The van der Waals surface area contributed by atoms with E-state index < -0.39 is 0 Å². The van der Waals surface area contributed by atoms with E-state index in [1.807, 2.05) is 33.4 Å². The number of hydrogen-bond acceptors (Lipinski definition) is 6. The highest BCUT2D eigenvalue weighted by Crippen LogP contribution is 2.31. The molecule has 8 nitrogen and oxygen atoms in total. The number of anilines is 1. The molecular formula is C23H28N6O2S. The molecule has 2 fully saturated rings. The zero-order valence-corrected chi connectivity index (χ0v) is 19.1. The molecule has 2 saturated heterocycles. The standard InChI is InChI=1S/C23H28N6O2S/c1-3-10-26(2)22(30)19-17-32-21(25-19)18-7-11-28(12-8-18)23(31)29-15-13-27(14-16-29)20-6-4-5-9-24-20/h1,4-6,9,17-18H,7-8,10-16H2,2H3. The lowest BCUT2D eigenvalue weighted by molar-refractivity contribution is 0.0807. The lowest BCUT2D eigenvalue weighted by Gasteiger charge is -2.39. The molecule has 4 rings (SSSR count). The number of amides is 3. The molecule has 3 amide bonds. The van der Waals surface area contributed by atoms with Gasteiger partial charge in [-0.05, 0) is 25.0 Å². The maximum absolute atomic E-state index is 13.0. The second-order valence-corrected chi connectivity index (χ2v) is 9.03. The van der Waals surface area contributed by atoms with E-state index in [-0.39, 0.29) is 24.4 Å². The lowest BCUT2D eigenvalue weighted by Crippen LogP contribution is -2.54. The second kappa shape index (κ2) is 10.0. The summed E-state index contributed by atoms with van der Waals surface area (Å²) in [6, 6.07) is 6.03. The number of rotatable bonds is 4. The van der Waals surface area contributed by atoms with E-state index in [0.29, 0.717) is 31.9 Å². The van der Waals surface area contributed by atoms with Gasteiger partial charge < -0.3 is 19.6 Å². The predicted octanol–water partition coefficient (Wildman–Crippen LogP) is 2.36. The largest absolute Gasteiger partial charge is 0.353 e. The van der Waals surface area contributed by atoms with Crippen molar-refractivity contribution < 1.29 is 9.59 Å². The van der Waals surface area contributed by atoms with E-state index in [1.54, 1.807) is 13.2 Å². The zero-order valence-electron chi connectivity index (χ0n) is 18.3. The molecule has 0 aliphatic carbocycles. The van der Waals surface area contributed by atoms with Gasteiger partial charge in [0.05, 0.1) is 11.6 Å². The number of pyridine rings is 1. The van der Waals surface area contributed by atoms with E-state index in [0.717, 1.165) is 36.8 Å². The van der Waals surface area contributed by atoms with Gasteiger partial charge in [0.25, 0.3) is 5.91 Å². The van der Waals surface area contributed by atoms with Crippen molar-refractivity contribution in [3.05, 3.63) is 40.5 Å². The number of aromatic nitrogens is 2. The smallest absolute Gasteiger partial charge is 0.320 e. The molecule has 168 valence electrons. The van der Waals surface area contributed by atoms with Crippen molar-refractivity contribution in [3.8, 4) is 12.3 Å². The molecule has 32 heavy (non-hydrogen) atoms. The number of terminal acetylenes is 1. The average molecular weight is 453 g/mol. The van der Waals surface area contributed by atoms with Gasteiger partial charge >= 0.3 is 6.03 Å². The van der Waals surface area contributed by atoms with Crippen LogP contribution in [-0.4, -0.2) is 89.5 Å². The fraction of sp³-hybridized carbons (Fsp3) is 0.478. The zero-order chi connectivity index (χ0) is 22.5. The first-order valence-electron chi connectivity index (χ1n) is 10.9. The molecule has 0 N–H and O–H groups in total. The number of likely N-dealkylation sites (tertiary alicyclic amines) is 1. The number of piperazine rings is 1. The topological polar surface area (TPSA) is 72.9 Å². The van der Waals surface area contributed by atoms with E-state index in [9.17, 15) is 9.59 Å². The van der Waals surface area contributed by atoms with Crippen molar-refractivity contribution in [3.63, 3.8) is 0 Å². The van der Waals surface area contributed by atoms with Gasteiger partial charge in [0.15, 0.2) is 0 Å². The van der Waals surface area contributed by atoms with E-state index >= 15 is 0 Å². The Kier molecular flexibility index (Phi) is 6.90. The van der Waals surface area contributed by atoms with Gasteiger partial charge in [0, 0.05) is 63.8 Å². The minimum atomic E-state index is -0.150. The average Bonchev–Trinajstić information content (AvgIpc) is 3.34. The predicted molar refractivity (Wildman–Crippen MR) is 125 cm³/mol. The summed E-state index contributed by atoms with van der Waals surface area (Å²) in [6.45, 7) is 4.69. The first-order valence-corrected chi connectivity index (χ1v) is 11.8. The van der Waals surface area contributed by atoms with Crippen molar-refractivity contribution in [1.82, 2.24) is 24.7 Å². The van der Waals surface area contributed by atoms with Crippen LogP contribution in [0.4, 0.5) is 10.6 Å². The van der Waals surface area contributed by atoms with Gasteiger partial charge in [0.1, 0.15) is 11.5 Å². The van der Waals surface area contributed by atoms with Crippen LogP contribution in [0.5, 0.6) is 0 Å². The van der Waals surface area contributed by atoms with Gasteiger partial charge in [0.2, 0.25) is 0 Å². The minimum absolute atomic E-state index is 0.120. The molecule has 0 aromatic carbocycles. The number of hydrogen-bond donors (Lipinski definition) is 0. The maximum atomic E-state index is 13.0. The number of urea groups is 1. The summed E-state index contributed by atoms with van der Waals surface area (Å²) in [5.41, 5.74) is 0.451. The Bertz CT molecular complexity index is 972. The van der Waals surface area contributed by atoms with Crippen molar-refractivity contribution in [1.29, 1.82) is 0 Å². The molecule has 2 aromatic heterocycles. The molecule has 4 heterocycles. The Balaban J connectivity index is 1.27. The fourth-order valence-corrected chi connectivity index (χ4v) is 5.13. The van der Waals surface area contributed by atoms with Crippen molar-refractivity contribution in [2.75, 3.05) is 57.8 Å². The third-order valence-corrected chi connectivity index (χ3v) is 7.06. The molecule has 0 saturated carbocycles. The third kappa shape index (κ3) is 4.86. The number of nitrogens with zero attached hydrogens (tertiary/aromatic N) is 6. The Hall–Kier alpha value is -3.12. The van der Waals surface area contributed by atoms with Crippen LogP contribution in [0.3, 0.4) is 0 Å². The number of thiazole rings is 1. The summed E-state index contributed by atoms with van der Waals surface area (Å²) in [6.07, 6.45) is 8.81. The van der Waals surface area contributed by atoms with E-state index in [1.165, 1.54) is 16.2 Å². The lowest BCUT2D eigenvalue weighted by atomic mass is 9.98. The van der Waals surface area contributed by atoms with Crippen molar-refractivity contribution >= 4 is 29.1 Å². The van der Waals surface area contributed by atoms with Crippen molar-refractivity contribution in [2.45, 2.75) is 18.8 Å². The van der Waals surface area contributed by atoms with Crippen molar-refractivity contribution in [2.24, 2.45) is 0 Å². The normalized spacial score (nSPS) is 17.2. The summed E-state index contributed by atoms with van der Waals surface area (Å²) < 4.78 is 0. The molecule has 2 aromatic rings. The summed E-state index contributed by atoms with van der Waals surface area (Å²) >= 11 is 1.52. The summed E-state index contributed by atoms with van der Waals surface area (Å²) in [7, 11) is 1.68. The quantitative estimate of drug-likeness (QED) is 0.666. The number of piperidine rings is 1. The van der Waals surface area contributed by atoms with Crippen LogP contribution in [0.25, 0.3) is 0 Å². The molecule has 2 aliphatic rings. The molecule has 0 bridgehead atoms. The monoisotopic (exact) mass is 452 g/mol. The molecule has 0 radical (unpaired) electrons. The van der Waals surface area contributed by atoms with E-state index in [2.05, 4.69) is 20.8 Å². The van der Waals surface area contributed by atoms with Crippen LogP contribution in [0.1, 0.15) is 34.3 Å². The highest BCUT2D eigenvalue weighted by Gasteiger charge is 2.30. The van der Waals surface area contributed by atoms with E-state index in [4.69, 9.17) is 6.42 Å². The highest BCUT2D eigenvalue weighted by molar-refractivity contribution is 7.09. The van der Waals surface area contributed by atoms with Crippen LogP contribution in [0.15, 0.2) is 29.8 Å². The van der Waals surface area contributed by atoms with Crippen LogP contribution in [0.2, 0.25) is 0 Å². The molecule has 9 heteroatoms. The number of carbonyl (C=O) groups excluding carboxylic acids is 2. The maximum Gasteiger partial charge on any atom is 0.320 e. The molecular weight excluding hydrogens is 424 g/mol. The van der Waals surface area contributed by atoms with Crippen LogP contribution in [-0.2, 0) is 0 Å². The third-order valence-electron chi connectivity index (χ3n) is 6.05. The minimum Gasteiger partial charge on any atom is -0.353 e. The Morgan fingerprint density at radius 2 is 1.88 bits per heavy atom. The second-order valence-electron chi connectivity index (χ2n) is 8.14. The summed E-state index contributed by atoms with van der Waals surface area (Å²) in [4.78, 5) is 42.0. The van der Waals surface area contributed by atoms with Gasteiger partial charge in [-0.1, -0.05) is 12.0 Å². The van der Waals surface area contributed by atoms with Crippen LogP contribution in [0, 0.1) is 12.3 Å². The molecule has 0 unspecified atom stereocenters. The first kappa shape index (κ1) is 22.1. The van der Waals surface area contributed by atoms with Crippen LogP contribution >= 0.6 is 11.3 Å². The molecule has 0 atom stereocenters. The van der Waals surface area contributed by atoms with Crippen LogP contribution < -0.4 is 4.90 Å². The van der Waals surface area contributed by atoms with Gasteiger partial charge in [-0.3, -0.25) is 4.79 Å². The Labute approximate surface area is 192 Å². The fourth-order valence-electron chi connectivity index (χ4n) is 4.16. The highest BCUT2D eigenvalue weighted by atomic mass is 32.1. The number of carbonyl (C=O) groups is 2. The van der Waals surface area contributed by atoms with Gasteiger partial charge in [-0.25, -0.2) is 14.8 Å².